The monoisotopic (exact) mass is 413 g/mol. The van der Waals surface area contributed by atoms with Crippen molar-refractivity contribution < 1.29 is 9.18 Å². The van der Waals surface area contributed by atoms with Gasteiger partial charge in [0.25, 0.3) is 0 Å². The Hall–Kier alpha value is -3.86. The van der Waals surface area contributed by atoms with Crippen LogP contribution in [0.25, 0.3) is 11.4 Å². The Bertz CT molecular complexity index is 1130. The summed E-state index contributed by atoms with van der Waals surface area (Å²) >= 11 is 6.04. The maximum atomic E-state index is 14.1. The molecule has 0 saturated heterocycles. The van der Waals surface area contributed by atoms with E-state index in [2.05, 4.69) is 36.2 Å². The average Bonchev–Trinajstić information content (AvgIpc) is 3.42. The fourth-order valence-corrected chi connectivity index (χ4v) is 2.75. The smallest absolute Gasteiger partial charge is 0.243 e. The predicted molar refractivity (Wildman–Crippen MR) is 103 cm³/mol. The summed E-state index contributed by atoms with van der Waals surface area (Å²) < 4.78 is 17.0. The summed E-state index contributed by atoms with van der Waals surface area (Å²) in [5, 5.41) is 20.8. The number of benzene rings is 2. The topological polar surface area (TPSA) is 115 Å². The van der Waals surface area contributed by atoms with Gasteiger partial charge in [-0.3, -0.25) is 4.79 Å². The first-order chi connectivity index (χ1) is 14.1. The van der Waals surface area contributed by atoms with E-state index in [-0.39, 0.29) is 12.2 Å². The van der Waals surface area contributed by atoms with Crippen LogP contribution in [0.15, 0.2) is 55.4 Å². The Morgan fingerprint density at radius 2 is 2.00 bits per heavy atom. The molecule has 0 aliphatic carbocycles. The molecule has 0 bridgehead atoms. The molecule has 2 aromatic carbocycles. The fourth-order valence-electron chi connectivity index (χ4n) is 2.58. The lowest BCUT2D eigenvalue weighted by Crippen LogP contribution is -2.23. The number of amides is 1. The minimum atomic E-state index is -0.513. The number of carbonyl (C=O) groups excluding carboxylic acids is 1. The van der Waals surface area contributed by atoms with Gasteiger partial charge in [-0.1, -0.05) is 11.6 Å². The lowest BCUT2D eigenvalue weighted by molar-refractivity contribution is -0.114. The maximum Gasteiger partial charge on any atom is 0.243 e. The Labute approximate surface area is 168 Å². The predicted octanol–water partition coefficient (Wildman–Crippen LogP) is 2.09. The third kappa shape index (κ3) is 4.19. The van der Waals surface area contributed by atoms with Crippen molar-refractivity contribution >= 4 is 28.9 Å². The molecule has 2 heterocycles. The second kappa shape index (κ2) is 8.02. The van der Waals surface area contributed by atoms with Gasteiger partial charge in [-0.05, 0) is 46.8 Å². The van der Waals surface area contributed by atoms with Crippen LogP contribution in [0.4, 0.5) is 15.8 Å². The van der Waals surface area contributed by atoms with E-state index in [0.717, 1.165) is 0 Å². The molecule has 0 unspecified atom stereocenters. The zero-order chi connectivity index (χ0) is 20.2. The van der Waals surface area contributed by atoms with Crippen LogP contribution in [0.2, 0.25) is 5.02 Å². The van der Waals surface area contributed by atoms with E-state index in [1.807, 2.05) is 0 Å². The van der Waals surface area contributed by atoms with Crippen molar-refractivity contribution in [1.29, 1.82) is 0 Å². The molecule has 146 valence electrons. The highest BCUT2D eigenvalue weighted by Gasteiger charge is 2.12. The van der Waals surface area contributed by atoms with Crippen LogP contribution < -0.4 is 10.6 Å². The number of nitrogens with zero attached hydrogens (tertiary/aromatic N) is 7. The van der Waals surface area contributed by atoms with E-state index in [0.29, 0.717) is 22.1 Å². The van der Waals surface area contributed by atoms with Gasteiger partial charge in [-0.2, -0.15) is 5.10 Å². The summed E-state index contributed by atoms with van der Waals surface area (Å²) in [6.07, 6.45) is 4.26. The average molecular weight is 414 g/mol. The lowest BCUT2D eigenvalue weighted by atomic mass is 10.2. The number of nitrogens with one attached hydrogen (secondary N) is 2. The molecule has 12 heteroatoms. The molecule has 0 aliphatic heterocycles. The molecule has 0 atom stereocenters. The molecule has 4 aromatic rings. The zero-order valence-electron chi connectivity index (χ0n) is 14.7. The molecule has 0 saturated carbocycles. The van der Waals surface area contributed by atoms with Crippen LogP contribution in [0, 0.1) is 5.82 Å². The molecule has 0 fully saturated rings. The second-order valence-corrected chi connectivity index (χ2v) is 6.26. The van der Waals surface area contributed by atoms with Crippen molar-refractivity contribution in [1.82, 2.24) is 35.0 Å². The Balaban J connectivity index is 1.48. The van der Waals surface area contributed by atoms with Crippen LogP contribution in [-0.2, 0) is 4.79 Å². The molecule has 10 nitrogen and oxygen atoms in total. The summed E-state index contributed by atoms with van der Waals surface area (Å²) in [4.78, 5) is 16.3. The number of rotatable bonds is 6. The highest BCUT2D eigenvalue weighted by atomic mass is 35.5. The quantitative estimate of drug-likeness (QED) is 0.497. The highest BCUT2D eigenvalue weighted by molar-refractivity contribution is 6.31. The van der Waals surface area contributed by atoms with Gasteiger partial charge in [0.2, 0.25) is 5.91 Å². The van der Waals surface area contributed by atoms with Crippen LogP contribution in [0.5, 0.6) is 0 Å². The first kappa shape index (κ1) is 18.5. The number of tetrazole rings is 1. The number of carbonyl (C=O) groups is 1. The third-order valence-electron chi connectivity index (χ3n) is 3.90. The lowest BCUT2D eigenvalue weighted by Gasteiger charge is -2.13. The minimum Gasteiger partial charge on any atom is -0.374 e. The van der Waals surface area contributed by atoms with Crippen molar-refractivity contribution in [3.63, 3.8) is 0 Å². The number of anilines is 2. The van der Waals surface area contributed by atoms with E-state index in [4.69, 9.17) is 11.6 Å². The summed E-state index contributed by atoms with van der Waals surface area (Å²) in [6.45, 7) is -0.181. The van der Waals surface area contributed by atoms with E-state index >= 15 is 0 Å². The summed E-state index contributed by atoms with van der Waals surface area (Å²) in [5.41, 5.74) is 1.71. The van der Waals surface area contributed by atoms with Gasteiger partial charge in [-0.15, -0.1) is 5.10 Å². The van der Waals surface area contributed by atoms with E-state index in [1.165, 1.54) is 46.5 Å². The fraction of sp³-hybridized carbons (Fsp3) is 0.0588. The van der Waals surface area contributed by atoms with Crippen LogP contribution in [-0.4, -0.2) is 47.4 Å². The van der Waals surface area contributed by atoms with Gasteiger partial charge >= 0.3 is 0 Å². The molecule has 1 amide bonds. The van der Waals surface area contributed by atoms with Crippen molar-refractivity contribution in [2.24, 2.45) is 0 Å². The van der Waals surface area contributed by atoms with Crippen LogP contribution in [0.3, 0.4) is 0 Å². The van der Waals surface area contributed by atoms with Gasteiger partial charge < -0.3 is 10.6 Å². The molecule has 29 heavy (non-hydrogen) atoms. The molecule has 0 spiro atoms. The largest absolute Gasteiger partial charge is 0.374 e. The molecule has 4 rings (SSSR count). The number of hydrogen-bond acceptors (Lipinski definition) is 7. The molecule has 2 N–H and O–H groups in total. The zero-order valence-corrected chi connectivity index (χ0v) is 15.5. The SMILES string of the molecule is O=C(CNc1cc(-n2cnnn2)ccc1F)Nc1cc(Cl)ccc1-n1cncn1. The number of halogens is 2. The minimum absolute atomic E-state index is 0.135. The number of aromatic nitrogens is 7. The van der Waals surface area contributed by atoms with E-state index < -0.39 is 11.7 Å². The van der Waals surface area contributed by atoms with Gasteiger partial charge in [-0.25, -0.2) is 18.7 Å². The van der Waals surface area contributed by atoms with Crippen LogP contribution >= 0.6 is 11.6 Å². The standard InChI is InChI=1S/C17H13ClFN9O/c18-11-1-4-16(28-9-20-8-23-28)15(5-11)24-17(29)7-21-14-6-12(2-3-13(14)19)27-10-22-25-26-27/h1-6,8-10,21H,7H2,(H,24,29). The third-order valence-corrected chi connectivity index (χ3v) is 4.14. The molecular formula is C17H13ClFN9O. The maximum absolute atomic E-state index is 14.1. The first-order valence-corrected chi connectivity index (χ1v) is 8.69. The molecular weight excluding hydrogens is 401 g/mol. The summed E-state index contributed by atoms with van der Waals surface area (Å²) in [6, 6.07) is 9.25. The normalized spacial score (nSPS) is 10.7. The van der Waals surface area contributed by atoms with Crippen molar-refractivity contribution in [2.75, 3.05) is 17.2 Å². The van der Waals surface area contributed by atoms with Gasteiger partial charge in [0.05, 0.1) is 29.3 Å². The highest BCUT2D eigenvalue weighted by Crippen LogP contribution is 2.24. The van der Waals surface area contributed by atoms with Gasteiger partial charge in [0, 0.05) is 5.02 Å². The van der Waals surface area contributed by atoms with E-state index in [9.17, 15) is 9.18 Å². The molecule has 0 radical (unpaired) electrons. The van der Waals surface area contributed by atoms with Gasteiger partial charge in [0.1, 0.15) is 24.8 Å². The van der Waals surface area contributed by atoms with Crippen molar-refractivity contribution in [3.05, 3.63) is 66.2 Å². The first-order valence-electron chi connectivity index (χ1n) is 8.31. The Kier molecular flexibility index (Phi) is 5.12. The second-order valence-electron chi connectivity index (χ2n) is 5.82. The van der Waals surface area contributed by atoms with Crippen molar-refractivity contribution in [3.8, 4) is 11.4 Å². The van der Waals surface area contributed by atoms with Gasteiger partial charge in [0.15, 0.2) is 0 Å². The number of hydrogen-bond donors (Lipinski definition) is 2. The molecule has 0 aliphatic rings. The van der Waals surface area contributed by atoms with Crippen molar-refractivity contribution in [2.45, 2.75) is 0 Å². The summed E-state index contributed by atoms with van der Waals surface area (Å²) in [7, 11) is 0. The van der Waals surface area contributed by atoms with E-state index in [1.54, 1.807) is 18.2 Å². The Morgan fingerprint density at radius 3 is 2.76 bits per heavy atom. The molecule has 2 aromatic heterocycles. The van der Waals surface area contributed by atoms with Crippen LogP contribution in [0.1, 0.15) is 0 Å². The Morgan fingerprint density at radius 1 is 1.10 bits per heavy atom. The summed E-state index contributed by atoms with van der Waals surface area (Å²) in [5.74, 6) is -0.915.